The van der Waals surface area contributed by atoms with E-state index < -0.39 is 0 Å². The van der Waals surface area contributed by atoms with Gasteiger partial charge in [0.2, 0.25) is 0 Å². The van der Waals surface area contributed by atoms with Gasteiger partial charge in [-0.3, -0.25) is 0 Å². The molecule has 0 amide bonds. The molecule has 0 unspecified atom stereocenters. The Bertz CT molecular complexity index is 1080. The second-order valence-electron chi connectivity index (χ2n) is 8.83. The summed E-state index contributed by atoms with van der Waals surface area (Å²) in [6, 6.07) is 29.1. The number of rotatable bonds is 3. The van der Waals surface area contributed by atoms with Gasteiger partial charge >= 0.3 is 0 Å². The van der Waals surface area contributed by atoms with Gasteiger partial charge in [-0.05, 0) is 83.6 Å². The van der Waals surface area contributed by atoms with Crippen molar-refractivity contribution in [1.82, 2.24) is 0 Å². The van der Waals surface area contributed by atoms with Gasteiger partial charge in [0.15, 0.2) is 0 Å². The second-order valence-corrected chi connectivity index (χ2v) is 8.83. The number of phenols is 4. The SMILES string of the molecule is Oc1ccc(-c2ccc(O)cc2)cc1.Oc1ccc(C2(c3ccc(O)cc3)CCCCC2)cc1. The van der Waals surface area contributed by atoms with Crippen molar-refractivity contribution < 1.29 is 20.4 Å². The lowest BCUT2D eigenvalue weighted by molar-refractivity contribution is 0.345. The molecule has 1 fully saturated rings. The van der Waals surface area contributed by atoms with Crippen molar-refractivity contribution in [3.8, 4) is 34.1 Å². The summed E-state index contributed by atoms with van der Waals surface area (Å²) in [4.78, 5) is 0. The molecule has 5 rings (SSSR count). The molecule has 0 aliphatic heterocycles. The van der Waals surface area contributed by atoms with Crippen molar-refractivity contribution in [2.75, 3.05) is 0 Å². The minimum absolute atomic E-state index is 0.0274. The van der Waals surface area contributed by atoms with Gasteiger partial charge in [-0.25, -0.2) is 0 Å². The first kappa shape index (κ1) is 23.2. The highest BCUT2D eigenvalue weighted by Gasteiger charge is 2.35. The average Bonchev–Trinajstić information content (AvgIpc) is 2.87. The van der Waals surface area contributed by atoms with E-state index >= 15 is 0 Å². The molecule has 174 valence electrons. The van der Waals surface area contributed by atoms with Gasteiger partial charge in [0.25, 0.3) is 0 Å². The molecule has 4 aromatic carbocycles. The molecule has 4 nitrogen and oxygen atoms in total. The van der Waals surface area contributed by atoms with E-state index in [2.05, 4.69) is 0 Å². The molecule has 4 aromatic rings. The summed E-state index contributed by atoms with van der Waals surface area (Å²) >= 11 is 0. The third-order valence-corrected chi connectivity index (χ3v) is 6.61. The lowest BCUT2D eigenvalue weighted by atomic mass is 9.65. The molecule has 4 N–H and O–H groups in total. The Labute approximate surface area is 200 Å². The summed E-state index contributed by atoms with van der Waals surface area (Å²) in [6.45, 7) is 0. The quantitative estimate of drug-likeness (QED) is 0.266. The third-order valence-electron chi connectivity index (χ3n) is 6.61. The number of hydrogen-bond donors (Lipinski definition) is 4. The predicted molar refractivity (Wildman–Crippen MR) is 135 cm³/mol. The monoisotopic (exact) mass is 454 g/mol. The fourth-order valence-electron chi connectivity index (χ4n) is 4.77. The lowest BCUT2D eigenvalue weighted by Crippen LogP contribution is -2.30. The zero-order valence-electron chi connectivity index (χ0n) is 19.1. The molecule has 0 bridgehead atoms. The maximum atomic E-state index is 9.51. The van der Waals surface area contributed by atoms with E-state index in [9.17, 15) is 10.2 Å². The van der Waals surface area contributed by atoms with Crippen molar-refractivity contribution in [2.45, 2.75) is 37.5 Å². The van der Waals surface area contributed by atoms with E-state index in [-0.39, 0.29) is 16.9 Å². The standard InChI is InChI=1S/C18H20O2.C12H10O2/c19-16-8-4-14(5-9-16)18(12-2-1-3-13-18)15-6-10-17(20)11-7-15;13-11-5-1-9(2-6-11)10-3-7-12(14)8-4-10/h4-11,19-20H,1-3,12-13H2;1-8,13-14H. The van der Waals surface area contributed by atoms with Gasteiger partial charge in [-0.1, -0.05) is 67.8 Å². The Morgan fingerprint density at radius 3 is 1.00 bits per heavy atom. The maximum absolute atomic E-state index is 9.51. The smallest absolute Gasteiger partial charge is 0.115 e. The Balaban J connectivity index is 0.000000172. The number of aromatic hydroxyl groups is 4. The number of phenolic OH excluding ortho intramolecular Hbond substituents is 4. The van der Waals surface area contributed by atoms with Crippen molar-refractivity contribution in [3.05, 3.63) is 108 Å². The van der Waals surface area contributed by atoms with E-state index in [1.165, 1.54) is 30.4 Å². The van der Waals surface area contributed by atoms with Crippen LogP contribution in [-0.4, -0.2) is 20.4 Å². The number of benzene rings is 4. The molecule has 0 heterocycles. The molecule has 1 saturated carbocycles. The topological polar surface area (TPSA) is 80.9 Å². The van der Waals surface area contributed by atoms with Crippen molar-refractivity contribution in [2.24, 2.45) is 0 Å². The molecular weight excluding hydrogens is 424 g/mol. The molecule has 0 spiro atoms. The fraction of sp³-hybridized carbons (Fsp3) is 0.200. The van der Waals surface area contributed by atoms with Crippen LogP contribution >= 0.6 is 0 Å². The van der Waals surface area contributed by atoms with Crippen LogP contribution in [0.1, 0.15) is 43.2 Å². The van der Waals surface area contributed by atoms with Gasteiger partial charge in [0, 0.05) is 5.41 Å². The van der Waals surface area contributed by atoms with Crippen molar-refractivity contribution >= 4 is 0 Å². The van der Waals surface area contributed by atoms with Gasteiger partial charge in [0.05, 0.1) is 0 Å². The molecule has 34 heavy (non-hydrogen) atoms. The second kappa shape index (κ2) is 10.3. The highest BCUT2D eigenvalue weighted by Crippen LogP contribution is 2.45. The zero-order valence-corrected chi connectivity index (χ0v) is 19.1. The molecule has 0 saturated heterocycles. The summed E-state index contributed by atoms with van der Waals surface area (Å²) < 4.78 is 0. The third kappa shape index (κ3) is 5.34. The minimum Gasteiger partial charge on any atom is -0.508 e. The van der Waals surface area contributed by atoms with E-state index in [0.717, 1.165) is 24.0 Å². The summed E-state index contributed by atoms with van der Waals surface area (Å²) in [5, 5.41) is 37.2. The van der Waals surface area contributed by atoms with Crippen LogP contribution in [-0.2, 0) is 5.41 Å². The predicted octanol–water partition coefficient (Wildman–Crippen LogP) is 7.11. The normalized spacial score (nSPS) is 14.6. The Morgan fingerprint density at radius 1 is 0.382 bits per heavy atom. The summed E-state index contributed by atoms with van der Waals surface area (Å²) in [6.07, 6.45) is 5.99. The van der Waals surface area contributed by atoms with Crippen LogP contribution in [0, 0.1) is 0 Å². The maximum Gasteiger partial charge on any atom is 0.115 e. The molecular formula is C30H30O4. The van der Waals surface area contributed by atoms with Crippen LogP contribution in [0.15, 0.2) is 97.1 Å². The molecule has 1 aliphatic carbocycles. The lowest BCUT2D eigenvalue weighted by Gasteiger charge is -2.38. The van der Waals surface area contributed by atoms with Gasteiger partial charge in [-0.2, -0.15) is 0 Å². The highest BCUT2D eigenvalue weighted by atomic mass is 16.3. The van der Waals surface area contributed by atoms with Crippen LogP contribution in [0.3, 0.4) is 0 Å². The zero-order chi connectivity index (χ0) is 24.0. The van der Waals surface area contributed by atoms with Crippen LogP contribution in [0.5, 0.6) is 23.0 Å². The summed E-state index contributed by atoms with van der Waals surface area (Å²) in [7, 11) is 0. The van der Waals surface area contributed by atoms with Crippen LogP contribution < -0.4 is 0 Å². The van der Waals surface area contributed by atoms with Gasteiger partial charge < -0.3 is 20.4 Å². The van der Waals surface area contributed by atoms with Crippen LogP contribution in [0.25, 0.3) is 11.1 Å². The summed E-state index contributed by atoms with van der Waals surface area (Å²) in [5.74, 6) is 1.14. The first-order valence-electron chi connectivity index (χ1n) is 11.6. The largest absolute Gasteiger partial charge is 0.508 e. The van der Waals surface area contributed by atoms with Crippen LogP contribution in [0.4, 0.5) is 0 Å². The number of hydrogen-bond acceptors (Lipinski definition) is 4. The molecule has 1 aliphatic rings. The Kier molecular flexibility index (Phi) is 7.07. The average molecular weight is 455 g/mol. The van der Waals surface area contributed by atoms with E-state index in [0.29, 0.717) is 11.5 Å². The molecule has 0 atom stereocenters. The molecule has 0 radical (unpaired) electrons. The fourth-order valence-corrected chi connectivity index (χ4v) is 4.77. The van der Waals surface area contributed by atoms with Gasteiger partial charge in [-0.15, -0.1) is 0 Å². The first-order valence-corrected chi connectivity index (χ1v) is 11.6. The first-order chi connectivity index (χ1) is 16.5. The minimum atomic E-state index is 0.0274. The summed E-state index contributed by atoms with van der Waals surface area (Å²) in [5.41, 5.74) is 4.59. The van der Waals surface area contributed by atoms with E-state index in [1.54, 1.807) is 48.5 Å². The highest BCUT2D eigenvalue weighted by molar-refractivity contribution is 5.64. The van der Waals surface area contributed by atoms with Gasteiger partial charge in [0.1, 0.15) is 23.0 Å². The van der Waals surface area contributed by atoms with Crippen molar-refractivity contribution in [3.63, 3.8) is 0 Å². The Morgan fingerprint density at radius 2 is 0.676 bits per heavy atom. The molecule has 4 heteroatoms. The van der Waals surface area contributed by atoms with Crippen LogP contribution in [0.2, 0.25) is 0 Å². The Hall–Kier alpha value is -3.92. The van der Waals surface area contributed by atoms with E-state index in [1.807, 2.05) is 48.5 Å². The van der Waals surface area contributed by atoms with E-state index in [4.69, 9.17) is 10.2 Å². The van der Waals surface area contributed by atoms with Crippen molar-refractivity contribution in [1.29, 1.82) is 0 Å². The molecule has 0 aromatic heterocycles.